The van der Waals surface area contributed by atoms with Gasteiger partial charge >= 0.3 is 0 Å². The molecule has 1 saturated heterocycles. The topological polar surface area (TPSA) is 128 Å². The molecule has 0 aliphatic carbocycles. The summed E-state index contributed by atoms with van der Waals surface area (Å²) in [7, 11) is 0. The van der Waals surface area contributed by atoms with E-state index in [2.05, 4.69) is 10.3 Å². The van der Waals surface area contributed by atoms with Gasteiger partial charge in [-0.1, -0.05) is 24.3 Å². The van der Waals surface area contributed by atoms with Gasteiger partial charge in [0.25, 0.3) is 0 Å². The monoisotopic (exact) mass is 573 g/mol. The van der Waals surface area contributed by atoms with Crippen molar-refractivity contribution in [3.63, 3.8) is 0 Å². The standard InChI is InChI=1S/C32H36FN5O4/c1-5-39-22-16-24(28(33)27(17-22)42-19(2)3)29(37-21-12-10-20(11-13-21)30(34)35)31-36-18-26(38-31)23-8-6-7-9-25(23)32(4)40-14-15-41-32/h6-13,16-19,29,37H,5,14-15H2,1-4H3,(H3,34,35)(H,36,38). The van der Waals surface area contributed by atoms with Crippen molar-refractivity contribution in [3.8, 4) is 22.8 Å². The Labute approximate surface area is 244 Å². The highest BCUT2D eigenvalue weighted by molar-refractivity contribution is 5.95. The van der Waals surface area contributed by atoms with Gasteiger partial charge in [0.2, 0.25) is 0 Å². The molecule has 0 amide bonds. The number of nitrogens with two attached hydrogens (primary N) is 1. The molecule has 3 aromatic carbocycles. The molecule has 1 aliphatic heterocycles. The minimum absolute atomic E-state index is 0.0395. The van der Waals surface area contributed by atoms with Crippen LogP contribution in [0.15, 0.2) is 66.9 Å². The Morgan fingerprint density at radius 1 is 1.14 bits per heavy atom. The van der Waals surface area contributed by atoms with Crippen LogP contribution in [0.2, 0.25) is 0 Å². The molecule has 5 rings (SSSR count). The molecule has 220 valence electrons. The predicted molar refractivity (Wildman–Crippen MR) is 160 cm³/mol. The number of rotatable bonds is 11. The van der Waals surface area contributed by atoms with E-state index in [1.807, 2.05) is 52.0 Å². The number of hydrogen-bond donors (Lipinski definition) is 4. The van der Waals surface area contributed by atoms with Gasteiger partial charge in [0.05, 0.1) is 31.6 Å². The first kappa shape index (κ1) is 29.1. The van der Waals surface area contributed by atoms with E-state index in [1.54, 1.807) is 42.6 Å². The summed E-state index contributed by atoms with van der Waals surface area (Å²) in [6, 6.07) is 17.3. The highest BCUT2D eigenvalue weighted by Gasteiger charge is 2.36. The predicted octanol–water partition coefficient (Wildman–Crippen LogP) is 6.11. The molecule has 1 unspecified atom stereocenters. The maximum absolute atomic E-state index is 16.2. The van der Waals surface area contributed by atoms with Crippen molar-refractivity contribution in [3.05, 3.63) is 95.2 Å². The van der Waals surface area contributed by atoms with Gasteiger partial charge in [-0.05, 0) is 58.0 Å². The largest absolute Gasteiger partial charge is 0.494 e. The lowest BCUT2D eigenvalue weighted by Gasteiger charge is -2.25. The van der Waals surface area contributed by atoms with Crippen LogP contribution in [0.4, 0.5) is 10.1 Å². The summed E-state index contributed by atoms with van der Waals surface area (Å²) < 4.78 is 39.7. The van der Waals surface area contributed by atoms with E-state index in [1.165, 1.54) is 0 Å². The van der Waals surface area contributed by atoms with Crippen LogP contribution in [0.1, 0.15) is 56.3 Å². The summed E-state index contributed by atoms with van der Waals surface area (Å²) in [5.74, 6) is -0.427. The number of anilines is 1. The smallest absolute Gasteiger partial charge is 0.192 e. The van der Waals surface area contributed by atoms with Crippen LogP contribution in [0, 0.1) is 11.2 Å². The fraction of sp³-hybridized carbons (Fsp3) is 0.312. The maximum atomic E-state index is 16.2. The van der Waals surface area contributed by atoms with Crippen molar-refractivity contribution in [2.24, 2.45) is 5.73 Å². The molecule has 1 aromatic heterocycles. The molecular formula is C32H36FN5O4. The number of benzene rings is 3. The molecule has 0 spiro atoms. The normalized spacial score (nSPS) is 15.0. The minimum atomic E-state index is -0.896. The lowest BCUT2D eigenvalue weighted by Crippen LogP contribution is -2.23. The summed E-state index contributed by atoms with van der Waals surface area (Å²) in [5, 5.41) is 11.1. The maximum Gasteiger partial charge on any atom is 0.192 e. The average molecular weight is 574 g/mol. The van der Waals surface area contributed by atoms with E-state index in [0.717, 1.165) is 11.1 Å². The van der Waals surface area contributed by atoms with Crippen molar-refractivity contribution >= 4 is 11.5 Å². The molecule has 10 heteroatoms. The third-order valence-electron chi connectivity index (χ3n) is 6.93. The Morgan fingerprint density at radius 3 is 2.52 bits per heavy atom. The zero-order chi connectivity index (χ0) is 29.9. The number of aromatic nitrogens is 2. The Bertz CT molecular complexity index is 1550. The summed E-state index contributed by atoms with van der Waals surface area (Å²) in [4.78, 5) is 8.20. The number of amidine groups is 1. The van der Waals surface area contributed by atoms with Crippen molar-refractivity contribution < 1.29 is 23.3 Å². The van der Waals surface area contributed by atoms with Crippen LogP contribution in [0.25, 0.3) is 11.3 Å². The van der Waals surface area contributed by atoms with Gasteiger partial charge in [0, 0.05) is 40.2 Å². The number of ether oxygens (including phenoxy) is 4. The van der Waals surface area contributed by atoms with Gasteiger partial charge in [0.15, 0.2) is 17.4 Å². The highest BCUT2D eigenvalue weighted by atomic mass is 19.1. The van der Waals surface area contributed by atoms with Gasteiger partial charge < -0.3 is 35.0 Å². The molecule has 1 atom stereocenters. The molecule has 0 radical (unpaired) electrons. The van der Waals surface area contributed by atoms with Crippen molar-refractivity contribution in [1.29, 1.82) is 5.41 Å². The van der Waals surface area contributed by atoms with Crippen molar-refractivity contribution in [2.45, 2.75) is 45.6 Å². The highest BCUT2D eigenvalue weighted by Crippen LogP contribution is 2.39. The van der Waals surface area contributed by atoms with Gasteiger partial charge in [0.1, 0.15) is 23.5 Å². The molecule has 1 aliphatic rings. The second kappa shape index (κ2) is 12.2. The van der Waals surface area contributed by atoms with E-state index in [9.17, 15) is 0 Å². The molecule has 9 nitrogen and oxygen atoms in total. The molecule has 0 bridgehead atoms. The number of nitrogens with one attached hydrogen (secondary N) is 3. The molecule has 2 heterocycles. The number of H-pyrrole nitrogens is 1. The van der Waals surface area contributed by atoms with Gasteiger partial charge in [-0.2, -0.15) is 0 Å². The van der Waals surface area contributed by atoms with E-state index >= 15 is 4.39 Å². The summed E-state index contributed by atoms with van der Waals surface area (Å²) in [6.07, 6.45) is 1.54. The van der Waals surface area contributed by atoms with Crippen LogP contribution >= 0.6 is 0 Å². The van der Waals surface area contributed by atoms with E-state index in [4.69, 9.17) is 35.1 Å². The summed E-state index contributed by atoms with van der Waals surface area (Å²) in [6.45, 7) is 8.85. The first-order valence-corrected chi connectivity index (χ1v) is 14.0. The minimum Gasteiger partial charge on any atom is -0.494 e. The third-order valence-corrected chi connectivity index (χ3v) is 6.93. The summed E-state index contributed by atoms with van der Waals surface area (Å²) >= 11 is 0. The van der Waals surface area contributed by atoms with Crippen LogP contribution in [-0.4, -0.2) is 41.7 Å². The molecule has 1 fully saturated rings. The van der Waals surface area contributed by atoms with Crippen LogP contribution in [0.5, 0.6) is 11.5 Å². The zero-order valence-corrected chi connectivity index (χ0v) is 24.2. The molecular weight excluding hydrogens is 537 g/mol. The Balaban J connectivity index is 1.61. The van der Waals surface area contributed by atoms with E-state index in [-0.39, 0.29) is 23.3 Å². The van der Waals surface area contributed by atoms with Crippen molar-refractivity contribution in [1.82, 2.24) is 9.97 Å². The fourth-order valence-electron chi connectivity index (χ4n) is 4.99. The SMILES string of the molecule is CCOc1cc(OC(C)C)c(F)c(C(Nc2ccc(C(=N)N)cc2)c2nc(-c3ccccc3C3(C)OCCO3)c[nH]2)c1. The second-order valence-electron chi connectivity index (χ2n) is 10.4. The summed E-state index contributed by atoms with van der Waals surface area (Å²) in [5.41, 5.74) is 9.53. The third kappa shape index (κ3) is 6.09. The van der Waals surface area contributed by atoms with Gasteiger partial charge in [-0.25, -0.2) is 9.37 Å². The lowest BCUT2D eigenvalue weighted by atomic mass is 9.98. The van der Waals surface area contributed by atoms with Crippen LogP contribution in [-0.2, 0) is 15.3 Å². The second-order valence-corrected chi connectivity index (χ2v) is 10.4. The zero-order valence-electron chi connectivity index (χ0n) is 24.2. The quantitative estimate of drug-likeness (QED) is 0.126. The van der Waals surface area contributed by atoms with Crippen molar-refractivity contribution in [2.75, 3.05) is 25.1 Å². The van der Waals surface area contributed by atoms with Crippen LogP contribution < -0.4 is 20.5 Å². The number of nitrogens with zero attached hydrogens (tertiary/aromatic N) is 1. The number of nitrogen functional groups attached to an aromatic ring is 1. The number of halogens is 1. The first-order valence-electron chi connectivity index (χ1n) is 14.0. The molecule has 0 saturated carbocycles. The first-order chi connectivity index (χ1) is 20.2. The Kier molecular flexibility index (Phi) is 8.46. The van der Waals surface area contributed by atoms with E-state index < -0.39 is 17.6 Å². The molecule has 4 aromatic rings. The fourth-order valence-corrected chi connectivity index (χ4v) is 4.99. The van der Waals surface area contributed by atoms with Gasteiger partial charge in [-0.3, -0.25) is 5.41 Å². The Morgan fingerprint density at radius 2 is 1.86 bits per heavy atom. The molecule has 5 N–H and O–H groups in total. The number of aromatic amines is 1. The Hall–Kier alpha value is -4.41. The molecule has 42 heavy (non-hydrogen) atoms. The number of hydrogen-bond acceptors (Lipinski definition) is 7. The van der Waals surface area contributed by atoms with Crippen LogP contribution in [0.3, 0.4) is 0 Å². The lowest BCUT2D eigenvalue weighted by molar-refractivity contribution is -0.149. The van der Waals surface area contributed by atoms with E-state index in [0.29, 0.717) is 48.3 Å². The average Bonchev–Trinajstić information content (AvgIpc) is 3.64. The van der Waals surface area contributed by atoms with Gasteiger partial charge in [-0.15, -0.1) is 0 Å². The number of imidazole rings is 1.